The molecule has 11 nitrogen and oxygen atoms in total. The van der Waals surface area contributed by atoms with E-state index in [0.717, 1.165) is 57.1 Å². The van der Waals surface area contributed by atoms with E-state index >= 15 is 0 Å². The lowest BCUT2D eigenvalue weighted by Gasteiger charge is -2.35. The van der Waals surface area contributed by atoms with Crippen molar-refractivity contribution in [1.29, 1.82) is 0 Å². The highest BCUT2D eigenvalue weighted by Crippen LogP contribution is 2.31. The largest absolute Gasteiger partial charge is 0.444 e. The van der Waals surface area contributed by atoms with Gasteiger partial charge in [0, 0.05) is 44.0 Å². The summed E-state index contributed by atoms with van der Waals surface area (Å²) in [7, 11) is 0. The van der Waals surface area contributed by atoms with Gasteiger partial charge in [-0.2, -0.15) is 4.98 Å². The number of anilines is 1. The zero-order valence-corrected chi connectivity index (χ0v) is 28.9. The number of benzene rings is 1. The van der Waals surface area contributed by atoms with Gasteiger partial charge in [-0.05, 0) is 90.2 Å². The fourth-order valence-electron chi connectivity index (χ4n) is 7.22. The Hall–Kier alpha value is -3.87. The lowest BCUT2D eigenvalue weighted by Crippen LogP contribution is -2.49. The minimum atomic E-state index is -2.76. The monoisotopic (exact) mass is 681 g/mol. The predicted octanol–water partition coefficient (Wildman–Crippen LogP) is 6.23. The second-order valence-electron chi connectivity index (χ2n) is 14.6. The zero-order chi connectivity index (χ0) is 34.5. The van der Waals surface area contributed by atoms with Crippen molar-refractivity contribution in [2.75, 3.05) is 44.3 Å². The number of hydrogen-bond donors (Lipinski definition) is 1. The van der Waals surface area contributed by atoms with Gasteiger partial charge in [0.15, 0.2) is 5.82 Å². The fourth-order valence-corrected chi connectivity index (χ4v) is 7.22. The van der Waals surface area contributed by atoms with E-state index in [-0.39, 0.29) is 29.8 Å². The molecular weight excluding hydrogens is 632 g/mol. The van der Waals surface area contributed by atoms with Crippen LogP contribution in [0.4, 0.5) is 19.5 Å². The van der Waals surface area contributed by atoms with Crippen molar-refractivity contribution in [3.8, 4) is 5.82 Å². The second-order valence-corrected chi connectivity index (χ2v) is 14.6. The summed E-state index contributed by atoms with van der Waals surface area (Å²) in [6, 6.07) is 9.10. The molecule has 266 valence electrons. The summed E-state index contributed by atoms with van der Waals surface area (Å²) in [5.74, 6) is 0.973. The highest BCUT2D eigenvalue weighted by molar-refractivity contribution is 5.80. The van der Waals surface area contributed by atoms with E-state index < -0.39 is 12.0 Å². The number of ether oxygens (including phenoxy) is 2. The molecule has 13 heteroatoms. The normalized spacial score (nSPS) is 22.0. The van der Waals surface area contributed by atoms with E-state index in [9.17, 15) is 18.4 Å². The van der Waals surface area contributed by atoms with Crippen LogP contribution in [0.1, 0.15) is 90.1 Å². The van der Waals surface area contributed by atoms with Crippen LogP contribution in [0, 0.1) is 11.8 Å². The molecule has 2 saturated heterocycles. The van der Waals surface area contributed by atoms with Gasteiger partial charge in [-0.25, -0.2) is 23.5 Å². The Labute approximate surface area is 286 Å². The molecule has 0 radical (unpaired) electrons. The van der Waals surface area contributed by atoms with E-state index in [4.69, 9.17) is 19.4 Å². The predicted molar refractivity (Wildman–Crippen MR) is 182 cm³/mol. The van der Waals surface area contributed by atoms with Crippen molar-refractivity contribution in [1.82, 2.24) is 29.7 Å². The molecule has 1 atom stereocenters. The van der Waals surface area contributed by atoms with E-state index in [1.807, 2.05) is 32.9 Å². The molecule has 1 N–H and O–H groups in total. The number of hydrogen-bond acceptors (Lipinski definition) is 8. The van der Waals surface area contributed by atoms with Gasteiger partial charge in [-0.1, -0.05) is 18.6 Å². The molecule has 0 spiro atoms. The Morgan fingerprint density at radius 2 is 1.78 bits per heavy atom. The number of para-hydroxylation sites is 2. The molecule has 2 amide bonds. The SMILES string of the molecule is CC(C)(C)OC(=O)N1CCC[C@@H](C(=O)NC2CCC(CCCc3cc(-n4c(C(F)F)nc5ccccc54)nc(N4CCOCC4)n3)CC2)C1. The maximum Gasteiger partial charge on any atom is 0.410 e. The van der Waals surface area contributed by atoms with Crippen molar-refractivity contribution in [2.45, 2.75) is 96.6 Å². The van der Waals surface area contributed by atoms with E-state index in [1.54, 1.807) is 23.1 Å². The Morgan fingerprint density at radius 3 is 2.51 bits per heavy atom. The summed E-state index contributed by atoms with van der Waals surface area (Å²) in [5.41, 5.74) is 1.34. The average Bonchev–Trinajstić information content (AvgIpc) is 3.49. The van der Waals surface area contributed by atoms with Gasteiger partial charge >= 0.3 is 6.09 Å². The van der Waals surface area contributed by atoms with Gasteiger partial charge in [0.05, 0.1) is 30.2 Å². The third-order valence-electron chi connectivity index (χ3n) is 9.74. The molecule has 3 aromatic rings. The first-order chi connectivity index (χ1) is 23.5. The number of imidazole rings is 1. The number of rotatable bonds is 9. The number of nitrogens with zero attached hydrogens (tertiary/aromatic N) is 6. The van der Waals surface area contributed by atoms with Crippen molar-refractivity contribution in [2.24, 2.45) is 11.8 Å². The van der Waals surface area contributed by atoms with Gasteiger partial charge in [0.25, 0.3) is 6.43 Å². The van der Waals surface area contributed by atoms with Gasteiger partial charge < -0.3 is 24.6 Å². The average molecular weight is 682 g/mol. The molecular formula is C36H49F2N7O4. The van der Waals surface area contributed by atoms with E-state index in [2.05, 4.69) is 15.2 Å². The van der Waals surface area contributed by atoms with E-state index in [1.165, 1.54) is 4.57 Å². The summed E-state index contributed by atoms with van der Waals surface area (Å²) >= 11 is 0. The summed E-state index contributed by atoms with van der Waals surface area (Å²) in [5, 5.41) is 3.27. The maximum absolute atomic E-state index is 14.2. The van der Waals surface area contributed by atoms with Crippen LogP contribution >= 0.6 is 0 Å². The summed E-state index contributed by atoms with van der Waals surface area (Å²) in [6.45, 7) is 8.96. The molecule has 3 fully saturated rings. The quantitative estimate of drug-likeness (QED) is 0.283. The van der Waals surface area contributed by atoms with Crippen molar-refractivity contribution in [3.63, 3.8) is 0 Å². The molecule has 3 aliphatic rings. The molecule has 1 saturated carbocycles. The summed E-state index contributed by atoms with van der Waals surface area (Å²) in [4.78, 5) is 43.3. The topological polar surface area (TPSA) is 115 Å². The lowest BCUT2D eigenvalue weighted by molar-refractivity contribution is -0.127. The van der Waals surface area contributed by atoms with Gasteiger partial charge in [-0.15, -0.1) is 0 Å². The molecule has 1 aromatic carbocycles. The van der Waals surface area contributed by atoms with Gasteiger partial charge in [0.2, 0.25) is 11.9 Å². The van der Waals surface area contributed by atoms with Crippen molar-refractivity contribution < 1.29 is 27.8 Å². The second kappa shape index (κ2) is 15.3. The molecule has 0 unspecified atom stereocenters. The van der Waals surface area contributed by atoms with Crippen LogP contribution in [0.15, 0.2) is 30.3 Å². The van der Waals surface area contributed by atoms with Crippen LogP contribution in [0.5, 0.6) is 0 Å². The van der Waals surface area contributed by atoms with E-state index in [0.29, 0.717) is 74.5 Å². The van der Waals surface area contributed by atoms with Crippen LogP contribution in [-0.4, -0.2) is 87.5 Å². The number of morpholine rings is 1. The highest BCUT2D eigenvalue weighted by atomic mass is 19.3. The Kier molecular flexibility index (Phi) is 11.0. The maximum atomic E-state index is 14.2. The van der Waals surface area contributed by atoms with Gasteiger partial charge in [0.1, 0.15) is 11.4 Å². The number of nitrogens with one attached hydrogen (secondary N) is 1. The van der Waals surface area contributed by atoms with Crippen molar-refractivity contribution in [3.05, 3.63) is 41.9 Å². The number of halogens is 2. The Balaban J connectivity index is 1.04. The minimum absolute atomic E-state index is 0.0352. The Morgan fingerprint density at radius 1 is 1.02 bits per heavy atom. The standard InChI is InChI=1S/C36H49F2N7O4/c1-36(2,3)49-35(47)44-17-7-9-25(23-44)33(46)39-26-15-13-24(14-16-26)8-6-10-27-22-30(42-34(40-27)43-18-20-48-21-19-43)45-29-12-5-4-11-28(29)41-32(45)31(37)38/h4-5,11-12,22,24-26,31H,6-10,13-21,23H2,1-3H3,(H,39,46)/t24?,25-,26?/m1/s1. The molecule has 0 bridgehead atoms. The third kappa shape index (κ3) is 8.84. The number of aryl methyl sites for hydroxylation is 1. The number of aromatic nitrogens is 4. The fraction of sp³-hybridized carbons (Fsp3) is 0.639. The molecule has 2 aromatic heterocycles. The zero-order valence-electron chi connectivity index (χ0n) is 28.9. The third-order valence-corrected chi connectivity index (χ3v) is 9.74. The Bertz CT molecular complexity index is 1600. The molecule has 1 aliphatic carbocycles. The van der Waals surface area contributed by atoms with Crippen LogP contribution in [0.3, 0.4) is 0 Å². The number of likely N-dealkylation sites (tertiary alicyclic amines) is 1. The molecule has 6 rings (SSSR count). The summed E-state index contributed by atoms with van der Waals surface area (Å²) < 4.78 is 40.9. The molecule has 4 heterocycles. The number of piperidine rings is 1. The number of fused-ring (bicyclic) bond motifs is 1. The van der Waals surface area contributed by atoms with Crippen LogP contribution in [-0.2, 0) is 20.7 Å². The first-order valence-corrected chi connectivity index (χ1v) is 17.8. The number of carbonyl (C=O) groups excluding carboxylic acids is 2. The first kappa shape index (κ1) is 35.0. The summed E-state index contributed by atoms with van der Waals surface area (Å²) in [6.07, 6.45) is 5.03. The molecule has 2 aliphatic heterocycles. The smallest absolute Gasteiger partial charge is 0.410 e. The van der Waals surface area contributed by atoms with Gasteiger partial charge in [-0.3, -0.25) is 9.36 Å². The van der Waals surface area contributed by atoms with Crippen LogP contribution in [0.25, 0.3) is 16.9 Å². The number of carbonyl (C=O) groups is 2. The highest BCUT2D eigenvalue weighted by Gasteiger charge is 2.33. The first-order valence-electron chi connectivity index (χ1n) is 17.8. The van der Waals surface area contributed by atoms with Crippen LogP contribution < -0.4 is 10.2 Å². The van der Waals surface area contributed by atoms with Crippen LogP contribution in [0.2, 0.25) is 0 Å². The number of alkyl halides is 2. The van der Waals surface area contributed by atoms with Crippen molar-refractivity contribution >= 4 is 29.0 Å². The lowest BCUT2D eigenvalue weighted by atomic mass is 9.82. The number of amides is 2. The minimum Gasteiger partial charge on any atom is -0.444 e. The molecule has 49 heavy (non-hydrogen) atoms.